The van der Waals surface area contributed by atoms with Gasteiger partial charge in [-0.1, -0.05) is 35.0 Å². The van der Waals surface area contributed by atoms with Gasteiger partial charge >= 0.3 is 0 Å². The molecule has 1 N–H and O–H groups in total. The lowest BCUT2D eigenvalue weighted by Crippen LogP contribution is -2.40. The van der Waals surface area contributed by atoms with Crippen LogP contribution in [0.1, 0.15) is 25.3 Å². The van der Waals surface area contributed by atoms with Crippen molar-refractivity contribution in [2.45, 2.75) is 31.5 Å². The zero-order valence-electron chi connectivity index (χ0n) is 15.5. The Morgan fingerprint density at radius 1 is 1.25 bits per heavy atom. The van der Waals surface area contributed by atoms with Crippen LogP contribution >= 0.6 is 11.6 Å². The predicted molar refractivity (Wildman–Crippen MR) is 107 cm³/mol. The minimum absolute atomic E-state index is 0.0895. The highest BCUT2D eigenvalue weighted by atomic mass is 35.5. The van der Waals surface area contributed by atoms with E-state index in [-0.39, 0.29) is 12.0 Å². The molecule has 4 rings (SSSR count). The number of hydrogen-bond acceptors (Lipinski definition) is 5. The number of oxime groups is 1. The third-order valence-corrected chi connectivity index (χ3v) is 5.16. The van der Waals surface area contributed by atoms with E-state index in [4.69, 9.17) is 25.9 Å². The van der Waals surface area contributed by atoms with E-state index in [1.165, 1.54) is 0 Å². The number of nitrogens with one attached hydrogen (secondary N) is 1. The SMILES string of the molecule is C[C@]1(C(=O)Nc2ccc(O[C@H]3CCOC3)cc2)CC(c2ccccc2Cl)=NO1. The number of anilines is 1. The van der Waals surface area contributed by atoms with E-state index in [0.29, 0.717) is 29.4 Å². The lowest BCUT2D eigenvalue weighted by atomic mass is 9.95. The van der Waals surface area contributed by atoms with E-state index >= 15 is 0 Å². The van der Waals surface area contributed by atoms with Gasteiger partial charge in [-0.05, 0) is 37.3 Å². The molecule has 28 heavy (non-hydrogen) atoms. The van der Waals surface area contributed by atoms with Gasteiger partial charge in [0.25, 0.3) is 5.91 Å². The van der Waals surface area contributed by atoms with Crippen LogP contribution in [0.3, 0.4) is 0 Å². The van der Waals surface area contributed by atoms with Gasteiger partial charge in [0.1, 0.15) is 11.9 Å². The molecule has 1 saturated heterocycles. The third kappa shape index (κ3) is 3.98. The Balaban J connectivity index is 1.37. The van der Waals surface area contributed by atoms with E-state index < -0.39 is 5.60 Å². The van der Waals surface area contributed by atoms with Crippen LogP contribution in [0.4, 0.5) is 5.69 Å². The Labute approximate surface area is 168 Å². The second kappa shape index (κ2) is 7.81. The van der Waals surface area contributed by atoms with Crippen LogP contribution in [0.5, 0.6) is 5.75 Å². The molecule has 6 nitrogen and oxygen atoms in total. The Morgan fingerprint density at radius 2 is 2.04 bits per heavy atom. The first kappa shape index (κ1) is 18.8. The fourth-order valence-corrected chi connectivity index (χ4v) is 3.42. The first-order valence-electron chi connectivity index (χ1n) is 9.19. The fourth-order valence-electron chi connectivity index (χ4n) is 3.18. The second-order valence-corrected chi connectivity index (χ2v) is 7.51. The molecule has 2 heterocycles. The number of carbonyl (C=O) groups excluding carboxylic acids is 1. The molecule has 2 aromatic rings. The minimum Gasteiger partial charge on any atom is -0.488 e. The van der Waals surface area contributed by atoms with E-state index in [2.05, 4.69) is 10.5 Å². The van der Waals surface area contributed by atoms with Crippen molar-refractivity contribution in [3.8, 4) is 5.75 Å². The fraction of sp³-hybridized carbons (Fsp3) is 0.333. The summed E-state index contributed by atoms with van der Waals surface area (Å²) in [5.74, 6) is 0.484. The van der Waals surface area contributed by atoms with Crippen molar-refractivity contribution >= 4 is 28.9 Å². The van der Waals surface area contributed by atoms with Gasteiger partial charge in [0.2, 0.25) is 5.60 Å². The minimum atomic E-state index is -1.09. The molecule has 0 aliphatic carbocycles. The van der Waals surface area contributed by atoms with Gasteiger partial charge in [-0.3, -0.25) is 4.79 Å². The second-order valence-electron chi connectivity index (χ2n) is 7.10. The van der Waals surface area contributed by atoms with Crippen molar-refractivity contribution in [1.29, 1.82) is 0 Å². The maximum Gasteiger partial charge on any atom is 0.271 e. The van der Waals surface area contributed by atoms with Crippen molar-refractivity contribution in [1.82, 2.24) is 0 Å². The summed E-state index contributed by atoms with van der Waals surface area (Å²) in [6, 6.07) is 14.6. The summed E-state index contributed by atoms with van der Waals surface area (Å²) in [5, 5.41) is 7.56. The molecule has 0 saturated carbocycles. The normalized spacial score (nSPS) is 23.8. The number of benzene rings is 2. The molecule has 0 unspecified atom stereocenters. The molecule has 2 atom stereocenters. The third-order valence-electron chi connectivity index (χ3n) is 4.83. The number of carbonyl (C=O) groups is 1. The van der Waals surface area contributed by atoms with Crippen LogP contribution < -0.4 is 10.1 Å². The summed E-state index contributed by atoms with van der Waals surface area (Å²) in [4.78, 5) is 18.3. The molecular weight excluding hydrogens is 380 g/mol. The van der Waals surface area contributed by atoms with Gasteiger partial charge < -0.3 is 19.6 Å². The molecule has 146 valence electrons. The van der Waals surface area contributed by atoms with Gasteiger partial charge in [-0.15, -0.1) is 0 Å². The van der Waals surface area contributed by atoms with E-state index in [9.17, 15) is 4.79 Å². The summed E-state index contributed by atoms with van der Waals surface area (Å²) in [6.07, 6.45) is 1.32. The van der Waals surface area contributed by atoms with Gasteiger partial charge in [-0.2, -0.15) is 0 Å². The molecule has 2 aliphatic heterocycles. The number of halogens is 1. The van der Waals surface area contributed by atoms with Crippen LogP contribution in [-0.2, 0) is 14.4 Å². The molecule has 1 amide bonds. The molecule has 0 spiro atoms. The van der Waals surface area contributed by atoms with Gasteiger partial charge in [0.05, 0.1) is 18.9 Å². The maximum absolute atomic E-state index is 12.8. The Hall–Kier alpha value is -2.57. The van der Waals surface area contributed by atoms with Crippen LogP contribution in [0.2, 0.25) is 5.02 Å². The summed E-state index contributed by atoms with van der Waals surface area (Å²) in [7, 11) is 0. The number of amides is 1. The summed E-state index contributed by atoms with van der Waals surface area (Å²) in [6.45, 7) is 3.06. The number of hydrogen-bond donors (Lipinski definition) is 1. The summed E-state index contributed by atoms with van der Waals surface area (Å²) in [5.41, 5.74) is 1.00. The monoisotopic (exact) mass is 400 g/mol. The van der Waals surface area contributed by atoms with Crippen molar-refractivity contribution in [3.63, 3.8) is 0 Å². The smallest absolute Gasteiger partial charge is 0.271 e. The van der Waals surface area contributed by atoms with Crippen LogP contribution in [0.15, 0.2) is 53.7 Å². The predicted octanol–water partition coefficient (Wildman–Crippen LogP) is 4.03. The van der Waals surface area contributed by atoms with E-state index in [1.54, 1.807) is 25.1 Å². The van der Waals surface area contributed by atoms with Gasteiger partial charge in [-0.25, -0.2) is 0 Å². The molecule has 0 radical (unpaired) electrons. The average molecular weight is 401 g/mol. The van der Waals surface area contributed by atoms with Crippen molar-refractivity contribution in [2.75, 3.05) is 18.5 Å². The molecule has 0 bridgehead atoms. The number of ether oxygens (including phenoxy) is 2. The average Bonchev–Trinajstić information content (AvgIpc) is 3.34. The quantitative estimate of drug-likeness (QED) is 0.822. The van der Waals surface area contributed by atoms with Crippen LogP contribution in [0, 0.1) is 0 Å². The highest BCUT2D eigenvalue weighted by molar-refractivity contribution is 6.34. The van der Waals surface area contributed by atoms with Crippen molar-refractivity contribution in [3.05, 3.63) is 59.1 Å². The highest BCUT2D eigenvalue weighted by Crippen LogP contribution is 2.30. The molecule has 7 heteroatoms. The van der Waals surface area contributed by atoms with Crippen molar-refractivity contribution < 1.29 is 19.1 Å². The molecule has 2 aromatic carbocycles. The molecule has 1 fully saturated rings. The van der Waals surface area contributed by atoms with Crippen molar-refractivity contribution in [2.24, 2.45) is 5.16 Å². The molecule has 2 aliphatic rings. The van der Waals surface area contributed by atoms with Crippen LogP contribution in [-0.4, -0.2) is 36.5 Å². The van der Waals surface area contributed by atoms with E-state index in [0.717, 1.165) is 24.3 Å². The lowest BCUT2D eigenvalue weighted by Gasteiger charge is -2.20. The molecular formula is C21H21ClN2O4. The number of nitrogens with zero attached hydrogens (tertiary/aromatic N) is 1. The Morgan fingerprint density at radius 3 is 2.75 bits per heavy atom. The van der Waals surface area contributed by atoms with E-state index in [1.807, 2.05) is 30.3 Å². The topological polar surface area (TPSA) is 69.2 Å². The maximum atomic E-state index is 12.8. The highest BCUT2D eigenvalue weighted by Gasteiger charge is 2.42. The summed E-state index contributed by atoms with van der Waals surface area (Å²) >= 11 is 6.23. The largest absolute Gasteiger partial charge is 0.488 e. The standard InChI is InChI=1S/C21H21ClN2O4/c1-21(12-19(24-28-21)17-4-2-3-5-18(17)22)20(25)23-14-6-8-15(9-7-14)27-16-10-11-26-13-16/h2-9,16H,10-13H2,1H3,(H,23,25)/t16-,21+/m0/s1. The first-order valence-corrected chi connectivity index (χ1v) is 9.57. The zero-order valence-corrected chi connectivity index (χ0v) is 16.2. The van der Waals surface area contributed by atoms with Gasteiger partial charge in [0, 0.05) is 29.1 Å². The Bertz CT molecular complexity index is 894. The summed E-state index contributed by atoms with van der Waals surface area (Å²) < 4.78 is 11.1. The number of rotatable bonds is 5. The molecule has 0 aromatic heterocycles. The lowest BCUT2D eigenvalue weighted by molar-refractivity contribution is -0.135. The Kier molecular flexibility index (Phi) is 5.24. The van der Waals surface area contributed by atoms with Gasteiger partial charge in [0.15, 0.2) is 0 Å². The zero-order chi connectivity index (χ0) is 19.6. The van der Waals surface area contributed by atoms with Crippen LogP contribution in [0.25, 0.3) is 0 Å². The first-order chi connectivity index (χ1) is 13.5.